The Morgan fingerprint density at radius 2 is 2.12 bits per heavy atom. The summed E-state index contributed by atoms with van der Waals surface area (Å²) in [5, 5.41) is 3.13. The molecule has 1 amide bonds. The van der Waals surface area contributed by atoms with Gasteiger partial charge in [-0.05, 0) is 33.4 Å². The van der Waals surface area contributed by atoms with Crippen molar-refractivity contribution in [1.82, 2.24) is 15.1 Å². The summed E-state index contributed by atoms with van der Waals surface area (Å²) in [4.78, 5) is 16.7. The van der Waals surface area contributed by atoms with E-state index in [9.17, 15) is 4.79 Å². The molecular weight excluding hydrogens is 214 g/mol. The van der Waals surface area contributed by atoms with Crippen LogP contribution in [0.4, 0.5) is 0 Å². The summed E-state index contributed by atoms with van der Waals surface area (Å²) in [5.41, 5.74) is 0. The van der Waals surface area contributed by atoms with E-state index in [2.05, 4.69) is 38.0 Å². The highest BCUT2D eigenvalue weighted by Crippen LogP contribution is 2.16. The largest absolute Gasteiger partial charge is 0.341 e. The molecule has 0 bridgehead atoms. The lowest BCUT2D eigenvalue weighted by Gasteiger charge is -2.30. The Labute approximate surface area is 105 Å². The van der Waals surface area contributed by atoms with Crippen molar-refractivity contribution in [2.45, 2.75) is 39.3 Å². The smallest absolute Gasteiger partial charge is 0.241 e. The highest BCUT2D eigenvalue weighted by atomic mass is 16.2. The van der Waals surface area contributed by atoms with Crippen molar-refractivity contribution >= 4 is 5.91 Å². The van der Waals surface area contributed by atoms with E-state index >= 15 is 0 Å². The predicted molar refractivity (Wildman–Crippen MR) is 71.0 cm³/mol. The van der Waals surface area contributed by atoms with Gasteiger partial charge in [0.25, 0.3) is 0 Å². The second-order valence-electron chi connectivity index (χ2n) is 5.55. The Hall–Kier alpha value is -0.610. The van der Waals surface area contributed by atoms with Crippen LogP contribution in [0.3, 0.4) is 0 Å². The molecule has 1 aliphatic heterocycles. The first-order valence-electron chi connectivity index (χ1n) is 6.62. The molecule has 0 saturated carbocycles. The molecule has 1 saturated heterocycles. The third-order valence-corrected chi connectivity index (χ3v) is 3.58. The maximum atomic E-state index is 12.5. The van der Waals surface area contributed by atoms with Crippen LogP contribution in [-0.2, 0) is 4.79 Å². The van der Waals surface area contributed by atoms with Crippen molar-refractivity contribution in [3.05, 3.63) is 0 Å². The van der Waals surface area contributed by atoms with E-state index in [1.165, 1.54) is 0 Å². The number of nitrogens with one attached hydrogen (secondary N) is 1. The number of amides is 1. The molecular formula is C13H27N3O. The lowest BCUT2D eigenvalue weighted by molar-refractivity contribution is -0.135. The molecule has 0 aromatic carbocycles. The van der Waals surface area contributed by atoms with Crippen molar-refractivity contribution in [3.63, 3.8) is 0 Å². The molecule has 0 radical (unpaired) electrons. The van der Waals surface area contributed by atoms with E-state index in [1.54, 1.807) is 0 Å². The van der Waals surface area contributed by atoms with E-state index < -0.39 is 0 Å². The van der Waals surface area contributed by atoms with Crippen LogP contribution in [0.25, 0.3) is 0 Å². The molecule has 2 atom stereocenters. The first-order valence-corrected chi connectivity index (χ1v) is 6.62. The van der Waals surface area contributed by atoms with Crippen LogP contribution < -0.4 is 5.32 Å². The average Bonchev–Trinajstić information content (AvgIpc) is 2.35. The molecule has 1 rings (SSSR count). The number of likely N-dealkylation sites (N-methyl/N-ethyl adjacent to an activating group) is 2. The van der Waals surface area contributed by atoms with Gasteiger partial charge in [0.2, 0.25) is 5.91 Å². The fourth-order valence-electron chi connectivity index (χ4n) is 2.40. The summed E-state index contributed by atoms with van der Waals surface area (Å²) in [6, 6.07) is 0.450. The quantitative estimate of drug-likeness (QED) is 0.790. The molecule has 0 spiro atoms. The Bertz CT molecular complexity index is 255. The zero-order valence-corrected chi connectivity index (χ0v) is 11.9. The molecule has 4 heteroatoms. The van der Waals surface area contributed by atoms with Crippen molar-refractivity contribution in [2.24, 2.45) is 5.92 Å². The predicted octanol–water partition coefficient (Wildman–Crippen LogP) is 0.783. The summed E-state index contributed by atoms with van der Waals surface area (Å²) in [7, 11) is 3.97. The van der Waals surface area contributed by atoms with Gasteiger partial charge in [-0.15, -0.1) is 0 Å². The van der Waals surface area contributed by atoms with Gasteiger partial charge in [-0.3, -0.25) is 9.69 Å². The van der Waals surface area contributed by atoms with Crippen molar-refractivity contribution in [2.75, 3.05) is 33.7 Å². The minimum absolute atomic E-state index is 0.0174. The number of carbonyl (C=O) groups excluding carboxylic acids is 1. The Balaban J connectivity index is 2.80. The summed E-state index contributed by atoms with van der Waals surface area (Å²) in [6.07, 6.45) is 1.06. The normalized spacial score (nSPS) is 27.6. The number of carbonyl (C=O) groups is 1. The van der Waals surface area contributed by atoms with Gasteiger partial charge in [0.05, 0.1) is 0 Å². The fraction of sp³-hybridized carbons (Fsp3) is 0.923. The van der Waals surface area contributed by atoms with Gasteiger partial charge in [0.1, 0.15) is 6.04 Å². The van der Waals surface area contributed by atoms with Crippen molar-refractivity contribution in [1.29, 1.82) is 0 Å². The number of rotatable bonds is 4. The molecule has 2 unspecified atom stereocenters. The van der Waals surface area contributed by atoms with Gasteiger partial charge in [-0.25, -0.2) is 0 Å². The maximum absolute atomic E-state index is 12.5. The van der Waals surface area contributed by atoms with Crippen molar-refractivity contribution < 1.29 is 4.79 Å². The van der Waals surface area contributed by atoms with Crippen LogP contribution in [0.15, 0.2) is 0 Å². The molecule has 1 N–H and O–H groups in total. The second kappa shape index (κ2) is 6.36. The minimum atomic E-state index is -0.0174. The molecule has 1 aliphatic rings. The average molecular weight is 241 g/mol. The molecule has 100 valence electrons. The molecule has 0 aromatic heterocycles. The van der Waals surface area contributed by atoms with Gasteiger partial charge >= 0.3 is 0 Å². The van der Waals surface area contributed by atoms with E-state index in [0.29, 0.717) is 12.0 Å². The van der Waals surface area contributed by atoms with E-state index in [1.807, 2.05) is 11.9 Å². The molecule has 4 nitrogen and oxygen atoms in total. The van der Waals surface area contributed by atoms with Gasteiger partial charge < -0.3 is 10.2 Å². The lowest BCUT2D eigenvalue weighted by Crippen LogP contribution is -2.51. The minimum Gasteiger partial charge on any atom is -0.341 e. The Morgan fingerprint density at radius 1 is 1.47 bits per heavy atom. The first-order chi connectivity index (χ1) is 7.97. The fourth-order valence-corrected chi connectivity index (χ4v) is 2.40. The summed E-state index contributed by atoms with van der Waals surface area (Å²) in [6.45, 7) is 9.03. The molecule has 17 heavy (non-hydrogen) atoms. The lowest BCUT2D eigenvalue weighted by atomic mass is 10.1. The van der Waals surface area contributed by atoms with Crippen LogP contribution in [0.5, 0.6) is 0 Å². The first kappa shape index (κ1) is 14.5. The zero-order chi connectivity index (χ0) is 13.0. The molecule has 0 aromatic rings. The van der Waals surface area contributed by atoms with Gasteiger partial charge in [-0.2, -0.15) is 0 Å². The van der Waals surface area contributed by atoms with E-state index in [0.717, 1.165) is 26.1 Å². The molecule has 0 aliphatic carbocycles. The van der Waals surface area contributed by atoms with Gasteiger partial charge in [0.15, 0.2) is 0 Å². The number of hydrogen-bond donors (Lipinski definition) is 1. The topological polar surface area (TPSA) is 35.6 Å². The standard InChI is InChI=1S/C13H27N3O/c1-10(2)9-16-7-6-11(3)15(5)12(8-14-4)13(16)17/h10-12,14H,6-9H2,1-5H3. The van der Waals surface area contributed by atoms with Crippen LogP contribution in [0.1, 0.15) is 27.2 Å². The van der Waals surface area contributed by atoms with Crippen molar-refractivity contribution in [3.8, 4) is 0 Å². The van der Waals surface area contributed by atoms with Crippen LogP contribution in [-0.4, -0.2) is 61.5 Å². The summed E-state index contributed by atoms with van der Waals surface area (Å²) >= 11 is 0. The summed E-state index contributed by atoms with van der Waals surface area (Å²) in [5.74, 6) is 0.813. The monoisotopic (exact) mass is 241 g/mol. The third-order valence-electron chi connectivity index (χ3n) is 3.58. The van der Waals surface area contributed by atoms with Gasteiger partial charge in [0, 0.05) is 25.7 Å². The second-order valence-corrected chi connectivity index (χ2v) is 5.55. The Kier molecular flexibility index (Phi) is 5.40. The Morgan fingerprint density at radius 3 is 2.65 bits per heavy atom. The van der Waals surface area contributed by atoms with Crippen LogP contribution >= 0.6 is 0 Å². The zero-order valence-electron chi connectivity index (χ0n) is 11.9. The SMILES string of the molecule is CNCC1C(=O)N(CC(C)C)CCC(C)N1C. The van der Waals surface area contributed by atoms with Gasteiger partial charge in [-0.1, -0.05) is 13.8 Å². The maximum Gasteiger partial charge on any atom is 0.241 e. The van der Waals surface area contributed by atoms with Crippen LogP contribution in [0, 0.1) is 5.92 Å². The molecule has 1 fully saturated rings. The number of hydrogen-bond acceptors (Lipinski definition) is 3. The van der Waals surface area contributed by atoms with E-state index in [-0.39, 0.29) is 11.9 Å². The number of nitrogens with zero attached hydrogens (tertiary/aromatic N) is 2. The van der Waals surface area contributed by atoms with E-state index in [4.69, 9.17) is 0 Å². The highest BCUT2D eigenvalue weighted by molar-refractivity contribution is 5.82. The summed E-state index contributed by atoms with van der Waals surface area (Å²) < 4.78 is 0. The highest BCUT2D eigenvalue weighted by Gasteiger charge is 2.33. The third kappa shape index (κ3) is 3.68. The molecule has 1 heterocycles. The van der Waals surface area contributed by atoms with Crippen LogP contribution in [0.2, 0.25) is 0 Å².